The van der Waals surface area contributed by atoms with Gasteiger partial charge in [0.05, 0.1) is 0 Å². The number of likely N-dealkylation sites (tertiary alicyclic amines) is 1. The molecule has 0 radical (unpaired) electrons. The van der Waals surface area contributed by atoms with Crippen LogP contribution in [0.4, 0.5) is 0 Å². The van der Waals surface area contributed by atoms with Gasteiger partial charge in [-0.15, -0.1) is 0 Å². The van der Waals surface area contributed by atoms with Gasteiger partial charge in [-0.25, -0.2) is 0 Å². The quantitative estimate of drug-likeness (QED) is 0.500. The molecule has 0 unspecified atom stereocenters. The number of amides is 1. The molecule has 1 aromatic heterocycles. The van der Waals surface area contributed by atoms with Crippen LogP contribution in [0.1, 0.15) is 70.6 Å². The molecule has 0 N–H and O–H groups in total. The summed E-state index contributed by atoms with van der Waals surface area (Å²) in [6.45, 7) is 5.33. The van der Waals surface area contributed by atoms with Crippen LogP contribution in [0.15, 0.2) is 71.7 Å². The van der Waals surface area contributed by atoms with Gasteiger partial charge in [-0.1, -0.05) is 48.5 Å². The molecule has 2 heterocycles. The third kappa shape index (κ3) is 5.19. The Hall–Kier alpha value is -3.47. The smallest absolute Gasteiger partial charge is 0.250 e. The van der Waals surface area contributed by atoms with Crippen LogP contribution in [-0.4, -0.2) is 34.2 Å². The zero-order valence-electron chi connectivity index (χ0n) is 20.2. The monoisotopic (exact) mass is 456 g/mol. The molecule has 3 aromatic rings. The third-order valence-corrected chi connectivity index (χ3v) is 7.11. The Bertz CT molecular complexity index is 1230. The molecule has 0 spiro atoms. The van der Waals surface area contributed by atoms with E-state index >= 15 is 0 Å². The Labute approximate surface area is 201 Å². The standard InChI is InChI=1S/C29H32N2O3/c1-20-6-4-5-7-26(20)27(18-28(33)25-12-13-29(34)30(3)19-25)24-10-8-22(9-11-24)23-14-16-31(17-15-23)21(2)32/h4-13,19,23,27H,14-18H2,1-3H3/t27-/m1/s1. The summed E-state index contributed by atoms with van der Waals surface area (Å²) in [5.41, 5.74) is 5.12. The molecule has 1 atom stereocenters. The van der Waals surface area contributed by atoms with Crippen molar-refractivity contribution in [2.75, 3.05) is 13.1 Å². The summed E-state index contributed by atoms with van der Waals surface area (Å²) in [4.78, 5) is 38.5. The second-order valence-corrected chi connectivity index (χ2v) is 9.35. The van der Waals surface area contributed by atoms with Crippen LogP contribution in [0, 0.1) is 6.92 Å². The Morgan fingerprint density at radius 1 is 0.971 bits per heavy atom. The van der Waals surface area contributed by atoms with Crippen molar-refractivity contribution in [3.8, 4) is 0 Å². The number of ketones is 1. The maximum atomic E-state index is 13.2. The van der Waals surface area contributed by atoms with Gasteiger partial charge in [-0.2, -0.15) is 0 Å². The van der Waals surface area contributed by atoms with Crippen molar-refractivity contribution >= 4 is 11.7 Å². The van der Waals surface area contributed by atoms with Crippen molar-refractivity contribution in [2.45, 2.75) is 44.9 Å². The van der Waals surface area contributed by atoms with E-state index in [-0.39, 0.29) is 23.2 Å². The van der Waals surface area contributed by atoms with E-state index in [1.807, 2.05) is 17.0 Å². The zero-order valence-corrected chi connectivity index (χ0v) is 20.2. The lowest BCUT2D eigenvalue weighted by Gasteiger charge is -2.31. The van der Waals surface area contributed by atoms with E-state index in [4.69, 9.17) is 0 Å². The van der Waals surface area contributed by atoms with Crippen molar-refractivity contribution in [2.24, 2.45) is 7.05 Å². The van der Waals surface area contributed by atoms with Gasteiger partial charge in [0.25, 0.3) is 0 Å². The highest BCUT2D eigenvalue weighted by Gasteiger charge is 2.24. The van der Waals surface area contributed by atoms with Gasteiger partial charge in [-0.3, -0.25) is 14.4 Å². The summed E-state index contributed by atoms with van der Waals surface area (Å²) in [7, 11) is 1.66. The third-order valence-electron chi connectivity index (χ3n) is 7.11. The van der Waals surface area contributed by atoms with Crippen molar-refractivity contribution in [3.05, 3.63) is 105 Å². The van der Waals surface area contributed by atoms with Gasteiger partial charge in [-0.05, 0) is 54.0 Å². The lowest BCUT2D eigenvalue weighted by Crippen LogP contribution is -2.36. The minimum Gasteiger partial charge on any atom is -0.343 e. The highest BCUT2D eigenvalue weighted by molar-refractivity contribution is 5.96. The van der Waals surface area contributed by atoms with E-state index < -0.39 is 0 Å². The van der Waals surface area contributed by atoms with Gasteiger partial charge in [0, 0.05) is 57.2 Å². The minimum absolute atomic E-state index is 0.0181. The summed E-state index contributed by atoms with van der Waals surface area (Å²) in [5.74, 6) is 0.552. The number of nitrogens with zero attached hydrogens (tertiary/aromatic N) is 2. The fourth-order valence-electron chi connectivity index (χ4n) is 4.98. The molecule has 1 fully saturated rings. The molecule has 0 saturated carbocycles. The first kappa shape index (κ1) is 23.7. The van der Waals surface area contributed by atoms with Crippen molar-refractivity contribution in [1.82, 2.24) is 9.47 Å². The van der Waals surface area contributed by atoms with Crippen LogP contribution >= 0.6 is 0 Å². The summed E-state index contributed by atoms with van der Waals surface area (Å²) < 4.78 is 1.45. The number of aryl methyl sites for hydroxylation is 2. The molecule has 2 aromatic carbocycles. The minimum atomic E-state index is -0.128. The van der Waals surface area contributed by atoms with Crippen LogP contribution in [0.3, 0.4) is 0 Å². The number of aromatic nitrogens is 1. The molecule has 176 valence electrons. The molecule has 0 aliphatic carbocycles. The fourth-order valence-corrected chi connectivity index (χ4v) is 4.98. The SMILES string of the molecule is CC(=O)N1CCC(c2ccc([C@@H](CC(=O)c3ccc(=O)n(C)c3)c3ccccc3C)cc2)CC1. The number of carbonyl (C=O) groups excluding carboxylic acids is 2. The lowest BCUT2D eigenvalue weighted by atomic mass is 9.82. The molecule has 1 aliphatic heterocycles. The Morgan fingerprint density at radius 2 is 1.65 bits per heavy atom. The van der Waals surface area contributed by atoms with Gasteiger partial charge >= 0.3 is 0 Å². The molecule has 34 heavy (non-hydrogen) atoms. The Balaban J connectivity index is 1.59. The van der Waals surface area contributed by atoms with Gasteiger partial charge in [0.1, 0.15) is 0 Å². The number of Topliss-reactive ketones (excluding diaryl/α,β-unsaturated/α-hetero) is 1. The first-order valence-electron chi connectivity index (χ1n) is 11.9. The summed E-state index contributed by atoms with van der Waals surface area (Å²) in [6.07, 6.45) is 3.91. The molecular weight excluding hydrogens is 424 g/mol. The molecule has 4 rings (SSSR count). The van der Waals surface area contributed by atoms with Gasteiger partial charge in [0.15, 0.2) is 5.78 Å². The molecular formula is C29H32N2O3. The number of piperidine rings is 1. The van der Waals surface area contributed by atoms with Crippen LogP contribution < -0.4 is 5.56 Å². The van der Waals surface area contributed by atoms with E-state index in [2.05, 4.69) is 43.3 Å². The number of hydrogen-bond donors (Lipinski definition) is 0. The molecule has 5 heteroatoms. The fraction of sp³-hybridized carbons (Fsp3) is 0.345. The zero-order chi connectivity index (χ0) is 24.2. The number of rotatable bonds is 6. The maximum Gasteiger partial charge on any atom is 0.250 e. The second kappa shape index (κ2) is 10.2. The molecule has 1 aliphatic rings. The van der Waals surface area contributed by atoms with Crippen molar-refractivity contribution < 1.29 is 9.59 Å². The van der Waals surface area contributed by atoms with E-state index in [1.165, 1.54) is 16.2 Å². The van der Waals surface area contributed by atoms with Gasteiger partial charge in [0.2, 0.25) is 11.5 Å². The van der Waals surface area contributed by atoms with E-state index in [1.54, 1.807) is 26.2 Å². The molecule has 1 saturated heterocycles. The van der Waals surface area contributed by atoms with E-state index in [9.17, 15) is 14.4 Å². The maximum absolute atomic E-state index is 13.2. The van der Waals surface area contributed by atoms with Crippen molar-refractivity contribution in [3.63, 3.8) is 0 Å². The summed E-state index contributed by atoms with van der Waals surface area (Å²) in [5, 5.41) is 0. The first-order chi connectivity index (χ1) is 16.3. The summed E-state index contributed by atoms with van der Waals surface area (Å²) >= 11 is 0. The second-order valence-electron chi connectivity index (χ2n) is 9.35. The lowest BCUT2D eigenvalue weighted by molar-refractivity contribution is -0.129. The van der Waals surface area contributed by atoms with Crippen molar-refractivity contribution in [1.29, 1.82) is 0 Å². The van der Waals surface area contributed by atoms with E-state index in [0.717, 1.165) is 42.6 Å². The average molecular weight is 457 g/mol. The predicted octanol–water partition coefficient (Wildman–Crippen LogP) is 4.82. The Kier molecular flexibility index (Phi) is 7.11. The van der Waals surface area contributed by atoms with Gasteiger partial charge < -0.3 is 9.47 Å². The van der Waals surface area contributed by atoms with E-state index in [0.29, 0.717) is 17.9 Å². The first-order valence-corrected chi connectivity index (χ1v) is 11.9. The normalized spacial score (nSPS) is 15.2. The summed E-state index contributed by atoms with van der Waals surface area (Å²) in [6, 6.07) is 19.9. The number of carbonyl (C=O) groups is 2. The van der Waals surface area contributed by atoms with Crippen LogP contribution in [0.25, 0.3) is 0 Å². The highest BCUT2D eigenvalue weighted by Crippen LogP contribution is 2.34. The molecule has 0 bridgehead atoms. The Morgan fingerprint density at radius 3 is 2.26 bits per heavy atom. The topological polar surface area (TPSA) is 59.4 Å². The van der Waals surface area contributed by atoms with Crippen LogP contribution in [0.5, 0.6) is 0 Å². The molecule has 1 amide bonds. The predicted molar refractivity (Wildman–Crippen MR) is 134 cm³/mol. The average Bonchev–Trinajstić information content (AvgIpc) is 2.85. The number of hydrogen-bond acceptors (Lipinski definition) is 3. The molecule has 5 nitrogen and oxygen atoms in total. The highest BCUT2D eigenvalue weighted by atomic mass is 16.2. The number of pyridine rings is 1. The van der Waals surface area contributed by atoms with Crippen LogP contribution in [-0.2, 0) is 11.8 Å². The largest absolute Gasteiger partial charge is 0.343 e. The number of benzene rings is 2. The van der Waals surface area contributed by atoms with Crippen LogP contribution in [0.2, 0.25) is 0 Å².